The van der Waals surface area contributed by atoms with Crippen LogP contribution in [0.25, 0.3) is 0 Å². The predicted molar refractivity (Wildman–Crippen MR) is 47.9 cm³/mol. The van der Waals surface area contributed by atoms with Crippen molar-refractivity contribution in [3.8, 4) is 0 Å². The Kier molecular flexibility index (Phi) is 5.13. The Morgan fingerprint density at radius 2 is 2.08 bits per heavy atom. The van der Waals surface area contributed by atoms with E-state index >= 15 is 0 Å². The average molecular weight is 174 g/mol. The zero-order valence-electron chi connectivity index (χ0n) is 8.20. The van der Waals surface area contributed by atoms with E-state index in [-0.39, 0.29) is 12.9 Å². The maximum absolute atomic E-state index is 9.60. The monoisotopic (exact) mass is 174 g/mol. The molecule has 1 N–H and O–H groups in total. The average Bonchev–Trinajstić information content (AvgIpc) is 1.95. The van der Waals surface area contributed by atoms with E-state index in [1.807, 2.05) is 13.0 Å². The zero-order chi connectivity index (χ0) is 9.61. The molecule has 0 rings (SSSR count). The lowest BCUT2D eigenvalue weighted by atomic mass is 10.0. The van der Waals surface area contributed by atoms with Crippen LogP contribution >= 0.6 is 0 Å². The molecular formula is C9H18O3. The van der Waals surface area contributed by atoms with Crippen LogP contribution in [0.3, 0.4) is 0 Å². The zero-order valence-corrected chi connectivity index (χ0v) is 8.20. The molecule has 0 bridgehead atoms. The molecule has 0 heterocycles. The van der Waals surface area contributed by atoms with Crippen molar-refractivity contribution in [3.63, 3.8) is 0 Å². The molecule has 0 saturated heterocycles. The second-order valence-corrected chi connectivity index (χ2v) is 3.17. The van der Waals surface area contributed by atoms with E-state index in [4.69, 9.17) is 9.47 Å². The third kappa shape index (κ3) is 4.49. The molecule has 12 heavy (non-hydrogen) atoms. The summed E-state index contributed by atoms with van der Waals surface area (Å²) in [6.45, 7) is 5.48. The van der Waals surface area contributed by atoms with E-state index in [0.29, 0.717) is 0 Å². The quantitative estimate of drug-likeness (QED) is 0.504. The van der Waals surface area contributed by atoms with Gasteiger partial charge in [0, 0.05) is 7.11 Å². The van der Waals surface area contributed by atoms with Gasteiger partial charge in [-0.25, -0.2) is 0 Å². The maximum Gasteiger partial charge on any atom is 0.147 e. The van der Waals surface area contributed by atoms with Gasteiger partial charge >= 0.3 is 0 Å². The van der Waals surface area contributed by atoms with Crippen LogP contribution in [0.4, 0.5) is 0 Å². The molecule has 0 fully saturated rings. The molecule has 3 heteroatoms. The van der Waals surface area contributed by atoms with Crippen LogP contribution in [0.2, 0.25) is 0 Å². The number of rotatable bonds is 5. The molecule has 0 radical (unpaired) electrons. The van der Waals surface area contributed by atoms with E-state index in [0.717, 1.165) is 0 Å². The first-order chi connectivity index (χ1) is 5.52. The molecule has 0 aliphatic heterocycles. The van der Waals surface area contributed by atoms with Crippen LogP contribution in [0, 0.1) is 0 Å². The van der Waals surface area contributed by atoms with Crippen molar-refractivity contribution in [3.05, 3.63) is 12.2 Å². The second kappa shape index (κ2) is 5.30. The number of hydrogen-bond donors (Lipinski definition) is 1. The molecule has 0 saturated carbocycles. The molecule has 0 aliphatic rings. The summed E-state index contributed by atoms with van der Waals surface area (Å²) < 4.78 is 9.98. The summed E-state index contributed by atoms with van der Waals surface area (Å²) in [5, 5.41) is 9.60. The van der Waals surface area contributed by atoms with E-state index in [2.05, 4.69) is 0 Å². The van der Waals surface area contributed by atoms with Gasteiger partial charge in [0.1, 0.15) is 12.9 Å². The Balaban J connectivity index is 4.04. The standard InChI is InChI=1S/C9H18O3/c1-5-6-8(9(2,3)10)12-7-11-4/h5-6,8,10H,7H2,1-4H3/b6-5+. The Bertz CT molecular complexity index is 135. The summed E-state index contributed by atoms with van der Waals surface area (Å²) in [5.74, 6) is 0. The summed E-state index contributed by atoms with van der Waals surface area (Å²) in [5.41, 5.74) is -0.870. The number of allylic oxidation sites excluding steroid dienone is 1. The highest BCUT2D eigenvalue weighted by Crippen LogP contribution is 2.13. The molecule has 1 unspecified atom stereocenters. The lowest BCUT2D eigenvalue weighted by molar-refractivity contribution is -0.122. The van der Waals surface area contributed by atoms with Crippen LogP contribution < -0.4 is 0 Å². The van der Waals surface area contributed by atoms with Gasteiger partial charge in [-0.15, -0.1) is 0 Å². The van der Waals surface area contributed by atoms with Gasteiger partial charge in [0.2, 0.25) is 0 Å². The van der Waals surface area contributed by atoms with Crippen molar-refractivity contribution in [2.24, 2.45) is 0 Å². The minimum atomic E-state index is -0.870. The highest BCUT2D eigenvalue weighted by molar-refractivity contribution is 4.95. The predicted octanol–water partition coefficient (Wildman–Crippen LogP) is 1.32. The number of ether oxygens (including phenoxy) is 2. The largest absolute Gasteiger partial charge is 0.387 e. The minimum absolute atomic E-state index is 0.193. The van der Waals surface area contributed by atoms with Crippen molar-refractivity contribution in [2.75, 3.05) is 13.9 Å². The van der Waals surface area contributed by atoms with Crippen LogP contribution in [0.5, 0.6) is 0 Å². The summed E-state index contributed by atoms with van der Waals surface area (Å²) in [4.78, 5) is 0. The first-order valence-electron chi connectivity index (χ1n) is 3.98. The highest BCUT2D eigenvalue weighted by atomic mass is 16.7. The van der Waals surface area contributed by atoms with E-state index in [9.17, 15) is 5.11 Å². The molecule has 0 amide bonds. The van der Waals surface area contributed by atoms with Crippen molar-refractivity contribution < 1.29 is 14.6 Å². The van der Waals surface area contributed by atoms with Crippen molar-refractivity contribution in [2.45, 2.75) is 32.5 Å². The van der Waals surface area contributed by atoms with E-state index in [1.54, 1.807) is 27.0 Å². The summed E-state index contributed by atoms with van der Waals surface area (Å²) in [6.07, 6.45) is 3.33. The van der Waals surface area contributed by atoms with E-state index < -0.39 is 5.60 Å². The Labute approximate surface area is 74.0 Å². The highest BCUT2D eigenvalue weighted by Gasteiger charge is 2.24. The van der Waals surface area contributed by atoms with Crippen molar-refractivity contribution in [1.82, 2.24) is 0 Å². The second-order valence-electron chi connectivity index (χ2n) is 3.17. The van der Waals surface area contributed by atoms with Gasteiger partial charge in [0.05, 0.1) is 5.60 Å². The van der Waals surface area contributed by atoms with Gasteiger partial charge in [-0.2, -0.15) is 0 Å². The number of aliphatic hydroxyl groups is 1. The fourth-order valence-corrected chi connectivity index (χ4v) is 0.811. The van der Waals surface area contributed by atoms with Gasteiger partial charge in [-0.3, -0.25) is 0 Å². The normalized spacial score (nSPS) is 15.4. The fraction of sp³-hybridized carbons (Fsp3) is 0.778. The molecule has 1 atom stereocenters. The molecule has 0 aliphatic carbocycles. The molecule has 0 aromatic rings. The Morgan fingerprint density at radius 1 is 1.50 bits per heavy atom. The summed E-state index contributed by atoms with van der Waals surface area (Å²) in [7, 11) is 1.55. The molecule has 0 aromatic heterocycles. The molecular weight excluding hydrogens is 156 g/mol. The SMILES string of the molecule is C/C=C/C(OCOC)C(C)(C)O. The Morgan fingerprint density at radius 3 is 2.42 bits per heavy atom. The fourth-order valence-electron chi connectivity index (χ4n) is 0.811. The van der Waals surface area contributed by atoms with Crippen molar-refractivity contribution in [1.29, 1.82) is 0 Å². The first-order valence-corrected chi connectivity index (χ1v) is 3.98. The lowest BCUT2D eigenvalue weighted by Crippen LogP contribution is -2.37. The molecule has 0 spiro atoms. The van der Waals surface area contributed by atoms with Crippen LogP contribution in [-0.2, 0) is 9.47 Å². The maximum atomic E-state index is 9.60. The van der Waals surface area contributed by atoms with Gasteiger partial charge in [0.15, 0.2) is 0 Å². The van der Waals surface area contributed by atoms with Gasteiger partial charge in [-0.05, 0) is 20.8 Å². The smallest absolute Gasteiger partial charge is 0.147 e. The van der Waals surface area contributed by atoms with Crippen molar-refractivity contribution >= 4 is 0 Å². The van der Waals surface area contributed by atoms with Gasteiger partial charge in [-0.1, -0.05) is 12.2 Å². The molecule has 0 aromatic carbocycles. The van der Waals surface area contributed by atoms with Crippen LogP contribution in [0.1, 0.15) is 20.8 Å². The molecule has 3 nitrogen and oxygen atoms in total. The third-order valence-corrected chi connectivity index (χ3v) is 1.43. The summed E-state index contributed by atoms with van der Waals surface area (Å²) in [6, 6.07) is 0. The third-order valence-electron chi connectivity index (χ3n) is 1.43. The van der Waals surface area contributed by atoms with Gasteiger partial charge < -0.3 is 14.6 Å². The minimum Gasteiger partial charge on any atom is -0.387 e. The van der Waals surface area contributed by atoms with Crippen LogP contribution in [0.15, 0.2) is 12.2 Å². The topological polar surface area (TPSA) is 38.7 Å². The Hall–Kier alpha value is -0.380. The number of hydrogen-bond acceptors (Lipinski definition) is 3. The van der Waals surface area contributed by atoms with Crippen LogP contribution in [-0.4, -0.2) is 30.7 Å². The molecule has 72 valence electrons. The lowest BCUT2D eigenvalue weighted by Gasteiger charge is -2.26. The first kappa shape index (κ1) is 11.6. The van der Waals surface area contributed by atoms with Gasteiger partial charge in [0.25, 0.3) is 0 Å². The number of methoxy groups -OCH3 is 1. The summed E-state index contributed by atoms with van der Waals surface area (Å²) >= 11 is 0. The van der Waals surface area contributed by atoms with E-state index in [1.165, 1.54) is 0 Å².